The third kappa shape index (κ3) is 2.37. The van der Waals surface area contributed by atoms with Crippen LogP contribution in [0.1, 0.15) is 23.3 Å². The third-order valence-electron chi connectivity index (χ3n) is 3.19. The highest BCUT2D eigenvalue weighted by molar-refractivity contribution is 7.19. The zero-order valence-corrected chi connectivity index (χ0v) is 11.6. The van der Waals surface area contributed by atoms with Gasteiger partial charge in [-0.25, -0.2) is 9.97 Å². The third-order valence-corrected chi connectivity index (χ3v) is 4.55. The lowest BCUT2D eigenvalue weighted by atomic mass is 9.97. The quantitative estimate of drug-likeness (QED) is 0.852. The molecular formula is C12H12ClN3O2S. The topological polar surface area (TPSA) is 75.1 Å². The van der Waals surface area contributed by atoms with Crippen molar-refractivity contribution in [2.75, 3.05) is 11.9 Å². The minimum Gasteiger partial charge on any atom is -0.480 e. The number of carbonyl (C=O) groups is 1. The Labute approximate surface area is 118 Å². The number of halogens is 1. The summed E-state index contributed by atoms with van der Waals surface area (Å²) in [6.45, 7) is -0.174. The van der Waals surface area contributed by atoms with Crippen molar-refractivity contribution >= 4 is 44.9 Å². The molecule has 100 valence electrons. The van der Waals surface area contributed by atoms with E-state index in [1.165, 1.54) is 16.9 Å². The normalized spacial score (nSPS) is 14.4. The summed E-state index contributed by atoms with van der Waals surface area (Å²) in [5.41, 5.74) is 1.26. The SMILES string of the molecule is O=C(O)CNc1nc(Cl)nc2sc3c(c12)CCCC3. The Balaban J connectivity index is 2.13. The van der Waals surface area contributed by atoms with Gasteiger partial charge in [0.15, 0.2) is 0 Å². The molecule has 0 radical (unpaired) electrons. The van der Waals surface area contributed by atoms with Gasteiger partial charge in [-0.3, -0.25) is 4.79 Å². The van der Waals surface area contributed by atoms with Gasteiger partial charge in [-0.1, -0.05) is 0 Å². The zero-order chi connectivity index (χ0) is 13.4. The van der Waals surface area contributed by atoms with Gasteiger partial charge < -0.3 is 10.4 Å². The van der Waals surface area contributed by atoms with Crippen LogP contribution in [0.5, 0.6) is 0 Å². The van der Waals surface area contributed by atoms with Gasteiger partial charge in [-0.05, 0) is 42.8 Å². The molecule has 2 aromatic rings. The molecule has 5 nitrogen and oxygen atoms in total. The lowest BCUT2D eigenvalue weighted by Crippen LogP contribution is -2.14. The molecule has 2 aromatic heterocycles. The van der Waals surface area contributed by atoms with E-state index in [0.717, 1.165) is 29.5 Å². The van der Waals surface area contributed by atoms with Crippen molar-refractivity contribution in [1.82, 2.24) is 9.97 Å². The fourth-order valence-corrected chi connectivity index (χ4v) is 3.90. The second-order valence-electron chi connectivity index (χ2n) is 4.48. The number of fused-ring (bicyclic) bond motifs is 3. The number of carboxylic acids is 1. The summed E-state index contributed by atoms with van der Waals surface area (Å²) < 4.78 is 0. The second-order valence-corrected chi connectivity index (χ2v) is 5.90. The van der Waals surface area contributed by atoms with E-state index < -0.39 is 5.97 Å². The van der Waals surface area contributed by atoms with Crippen LogP contribution in [0.15, 0.2) is 0 Å². The van der Waals surface area contributed by atoms with Crippen LogP contribution >= 0.6 is 22.9 Å². The number of hydrogen-bond donors (Lipinski definition) is 2. The first kappa shape index (κ1) is 12.6. The fourth-order valence-electron chi connectivity index (χ4n) is 2.42. The average Bonchev–Trinajstić information content (AvgIpc) is 2.73. The minimum atomic E-state index is -0.924. The Morgan fingerprint density at radius 1 is 1.37 bits per heavy atom. The van der Waals surface area contributed by atoms with E-state index in [2.05, 4.69) is 15.3 Å². The molecule has 0 aromatic carbocycles. The molecule has 0 amide bonds. The van der Waals surface area contributed by atoms with Crippen LogP contribution in [0, 0.1) is 0 Å². The molecule has 7 heteroatoms. The molecule has 0 fully saturated rings. The molecule has 0 bridgehead atoms. The summed E-state index contributed by atoms with van der Waals surface area (Å²) in [4.78, 5) is 21.3. The summed E-state index contributed by atoms with van der Waals surface area (Å²) in [7, 11) is 0. The van der Waals surface area contributed by atoms with E-state index in [-0.39, 0.29) is 11.8 Å². The summed E-state index contributed by atoms with van der Waals surface area (Å²) in [5, 5.41) is 12.7. The van der Waals surface area contributed by atoms with Crippen LogP contribution in [0.3, 0.4) is 0 Å². The van der Waals surface area contributed by atoms with Crippen molar-refractivity contribution in [3.05, 3.63) is 15.7 Å². The molecule has 2 heterocycles. The number of thiophene rings is 1. The molecule has 19 heavy (non-hydrogen) atoms. The number of carboxylic acid groups (broad SMARTS) is 1. The number of nitrogens with zero attached hydrogens (tertiary/aromatic N) is 2. The summed E-state index contributed by atoms with van der Waals surface area (Å²) in [5.74, 6) is -0.385. The molecule has 0 spiro atoms. The van der Waals surface area contributed by atoms with E-state index in [1.807, 2.05) is 0 Å². The van der Waals surface area contributed by atoms with E-state index >= 15 is 0 Å². The molecule has 1 aliphatic rings. The molecular weight excluding hydrogens is 286 g/mol. The lowest BCUT2D eigenvalue weighted by Gasteiger charge is -2.12. The maximum atomic E-state index is 10.7. The zero-order valence-electron chi connectivity index (χ0n) is 10.1. The Morgan fingerprint density at radius 2 is 2.16 bits per heavy atom. The molecule has 0 saturated carbocycles. The van der Waals surface area contributed by atoms with Crippen LogP contribution in [-0.4, -0.2) is 27.6 Å². The number of hydrogen-bond acceptors (Lipinski definition) is 5. The van der Waals surface area contributed by atoms with Crippen LogP contribution in [0.25, 0.3) is 10.2 Å². The summed E-state index contributed by atoms with van der Waals surface area (Å²) in [6.07, 6.45) is 4.41. The van der Waals surface area contributed by atoms with Gasteiger partial charge in [0.1, 0.15) is 17.2 Å². The second kappa shape index (κ2) is 4.94. The summed E-state index contributed by atoms with van der Waals surface area (Å²) in [6, 6.07) is 0. The highest BCUT2D eigenvalue weighted by Gasteiger charge is 2.21. The first-order valence-corrected chi connectivity index (χ1v) is 7.28. The number of rotatable bonds is 3. The highest BCUT2D eigenvalue weighted by Crippen LogP contribution is 2.38. The van der Waals surface area contributed by atoms with Gasteiger partial charge in [0.2, 0.25) is 5.28 Å². The van der Waals surface area contributed by atoms with Gasteiger partial charge in [-0.2, -0.15) is 0 Å². The number of aryl methyl sites for hydroxylation is 2. The van der Waals surface area contributed by atoms with Gasteiger partial charge >= 0.3 is 5.97 Å². The van der Waals surface area contributed by atoms with E-state index in [4.69, 9.17) is 16.7 Å². The van der Waals surface area contributed by atoms with Gasteiger partial charge in [0.05, 0.1) is 5.39 Å². The molecule has 3 rings (SSSR count). The predicted octanol–water partition coefficient (Wildman–Crippen LogP) is 2.72. The Morgan fingerprint density at radius 3 is 2.95 bits per heavy atom. The van der Waals surface area contributed by atoms with Crippen molar-refractivity contribution in [1.29, 1.82) is 0 Å². The van der Waals surface area contributed by atoms with E-state index in [1.54, 1.807) is 11.3 Å². The number of nitrogens with one attached hydrogen (secondary N) is 1. The van der Waals surface area contributed by atoms with Gasteiger partial charge in [-0.15, -0.1) is 11.3 Å². The predicted molar refractivity (Wildman–Crippen MR) is 75.2 cm³/mol. The van der Waals surface area contributed by atoms with E-state index in [9.17, 15) is 4.79 Å². The first-order valence-electron chi connectivity index (χ1n) is 6.08. The molecule has 0 unspecified atom stereocenters. The fraction of sp³-hybridized carbons (Fsp3) is 0.417. The van der Waals surface area contributed by atoms with Crippen molar-refractivity contribution < 1.29 is 9.90 Å². The van der Waals surface area contributed by atoms with Crippen molar-refractivity contribution in [2.45, 2.75) is 25.7 Å². The van der Waals surface area contributed by atoms with Crippen LogP contribution in [-0.2, 0) is 17.6 Å². The maximum absolute atomic E-state index is 10.7. The monoisotopic (exact) mass is 297 g/mol. The van der Waals surface area contributed by atoms with Crippen LogP contribution in [0.4, 0.5) is 5.82 Å². The van der Waals surface area contributed by atoms with Crippen LogP contribution < -0.4 is 5.32 Å². The Kier molecular flexibility index (Phi) is 3.28. The first-order chi connectivity index (χ1) is 9.15. The van der Waals surface area contributed by atoms with Crippen LogP contribution in [0.2, 0.25) is 5.28 Å². The highest BCUT2D eigenvalue weighted by atomic mass is 35.5. The molecule has 0 saturated heterocycles. The van der Waals surface area contributed by atoms with Gasteiger partial charge in [0, 0.05) is 4.88 Å². The number of aliphatic carboxylic acids is 1. The Bertz CT molecular complexity index is 656. The smallest absolute Gasteiger partial charge is 0.322 e. The van der Waals surface area contributed by atoms with Gasteiger partial charge in [0.25, 0.3) is 0 Å². The maximum Gasteiger partial charge on any atom is 0.322 e. The summed E-state index contributed by atoms with van der Waals surface area (Å²) >= 11 is 7.54. The standard InChI is InChI=1S/C12H12ClN3O2S/c13-12-15-10(14-5-8(17)18)9-6-3-1-2-4-7(6)19-11(9)16-12/h1-5H2,(H,17,18)(H,14,15,16). The van der Waals surface area contributed by atoms with Crippen molar-refractivity contribution in [3.8, 4) is 0 Å². The Hall–Kier alpha value is -1.40. The largest absolute Gasteiger partial charge is 0.480 e. The average molecular weight is 298 g/mol. The lowest BCUT2D eigenvalue weighted by molar-refractivity contribution is -0.134. The molecule has 2 N–H and O–H groups in total. The van der Waals surface area contributed by atoms with E-state index in [0.29, 0.717) is 5.82 Å². The molecule has 1 aliphatic carbocycles. The number of anilines is 1. The minimum absolute atomic E-state index is 0.152. The number of aromatic nitrogens is 2. The molecule has 0 aliphatic heterocycles. The van der Waals surface area contributed by atoms with Crippen molar-refractivity contribution in [2.24, 2.45) is 0 Å². The van der Waals surface area contributed by atoms with Crippen molar-refractivity contribution in [3.63, 3.8) is 0 Å². The molecule has 0 atom stereocenters.